The van der Waals surface area contributed by atoms with E-state index in [1.165, 1.54) is 295 Å². The molecule has 0 aromatic rings. The summed E-state index contributed by atoms with van der Waals surface area (Å²) < 4.78 is 0. The third kappa shape index (κ3) is 60.9. The average molecular weight is 1030 g/mol. The highest BCUT2D eigenvalue weighted by molar-refractivity contribution is 5.76. The molecule has 0 aromatic heterocycles. The Bertz CT molecular complexity index is 1220. The van der Waals surface area contributed by atoms with Crippen LogP contribution in [0.2, 0.25) is 0 Å². The van der Waals surface area contributed by atoms with Crippen molar-refractivity contribution in [2.75, 3.05) is 6.61 Å². The van der Waals surface area contributed by atoms with Gasteiger partial charge in [0.2, 0.25) is 5.91 Å². The lowest BCUT2D eigenvalue weighted by atomic mass is 10.0. The van der Waals surface area contributed by atoms with E-state index in [0.29, 0.717) is 6.42 Å². The zero-order chi connectivity index (χ0) is 53.4. The van der Waals surface area contributed by atoms with Crippen molar-refractivity contribution in [3.63, 3.8) is 0 Å². The number of amides is 1. The number of allylic oxidation sites excluding steroid dienone is 9. The van der Waals surface area contributed by atoms with Gasteiger partial charge >= 0.3 is 0 Å². The molecule has 0 radical (unpaired) electrons. The first-order chi connectivity index (χ1) is 36.7. The molecular formula is C70H131NO3. The van der Waals surface area contributed by atoms with Gasteiger partial charge in [-0.05, 0) is 70.6 Å². The first-order valence-electron chi connectivity index (χ1n) is 33.5. The highest BCUT2D eigenvalue weighted by atomic mass is 16.3. The third-order valence-electron chi connectivity index (χ3n) is 15.5. The first-order valence-corrected chi connectivity index (χ1v) is 33.5. The number of aliphatic hydroxyl groups excluding tert-OH is 2. The summed E-state index contributed by atoms with van der Waals surface area (Å²) in [5, 5.41) is 23.2. The second kappa shape index (κ2) is 65.4. The van der Waals surface area contributed by atoms with Gasteiger partial charge in [0.05, 0.1) is 18.8 Å². The Kier molecular flexibility index (Phi) is 63.7. The molecule has 434 valence electrons. The van der Waals surface area contributed by atoms with Gasteiger partial charge in [0.1, 0.15) is 0 Å². The maximum atomic E-state index is 12.5. The summed E-state index contributed by atoms with van der Waals surface area (Å²) in [4.78, 5) is 12.5. The van der Waals surface area contributed by atoms with E-state index in [9.17, 15) is 15.0 Å². The number of carbonyl (C=O) groups excluding carboxylic acids is 1. The molecule has 3 N–H and O–H groups in total. The molecule has 0 heterocycles. The summed E-state index contributed by atoms with van der Waals surface area (Å²) in [6, 6.07) is -0.641. The molecule has 0 bridgehead atoms. The van der Waals surface area contributed by atoms with Crippen molar-refractivity contribution >= 4 is 5.91 Å². The van der Waals surface area contributed by atoms with Crippen LogP contribution in [-0.2, 0) is 4.79 Å². The lowest BCUT2D eigenvalue weighted by molar-refractivity contribution is -0.123. The number of aliphatic hydroxyl groups is 2. The zero-order valence-electron chi connectivity index (χ0n) is 50.1. The zero-order valence-corrected chi connectivity index (χ0v) is 50.1. The van der Waals surface area contributed by atoms with E-state index in [1.807, 2.05) is 6.08 Å². The summed E-state index contributed by atoms with van der Waals surface area (Å²) in [6.45, 7) is 4.32. The summed E-state index contributed by atoms with van der Waals surface area (Å²) in [5.74, 6) is -0.0678. The Morgan fingerprint density at radius 1 is 0.324 bits per heavy atom. The highest BCUT2D eigenvalue weighted by Gasteiger charge is 2.18. The normalized spacial score (nSPS) is 13.1. The molecule has 0 aliphatic heterocycles. The van der Waals surface area contributed by atoms with Crippen molar-refractivity contribution in [1.82, 2.24) is 5.32 Å². The van der Waals surface area contributed by atoms with Crippen LogP contribution in [-0.4, -0.2) is 34.9 Å². The minimum atomic E-state index is -0.864. The van der Waals surface area contributed by atoms with E-state index in [2.05, 4.69) is 67.8 Å². The minimum absolute atomic E-state index is 0.0678. The van der Waals surface area contributed by atoms with Gasteiger partial charge in [-0.3, -0.25) is 4.79 Å². The Labute approximate surface area is 464 Å². The van der Waals surface area contributed by atoms with Crippen molar-refractivity contribution in [1.29, 1.82) is 0 Å². The fourth-order valence-corrected chi connectivity index (χ4v) is 10.4. The number of hydrogen-bond donors (Lipinski definition) is 3. The van der Waals surface area contributed by atoms with Crippen LogP contribution in [0.5, 0.6) is 0 Å². The Morgan fingerprint density at radius 3 is 0.878 bits per heavy atom. The van der Waals surface area contributed by atoms with E-state index >= 15 is 0 Å². The average Bonchev–Trinajstić information content (AvgIpc) is 3.40. The lowest BCUT2D eigenvalue weighted by Gasteiger charge is -2.19. The molecule has 0 saturated heterocycles. The second-order valence-corrected chi connectivity index (χ2v) is 22.9. The Hall–Kier alpha value is -1.91. The van der Waals surface area contributed by atoms with Gasteiger partial charge in [0, 0.05) is 6.42 Å². The molecule has 4 nitrogen and oxygen atoms in total. The van der Waals surface area contributed by atoms with Crippen LogP contribution in [0.3, 0.4) is 0 Å². The van der Waals surface area contributed by atoms with Crippen LogP contribution in [0.4, 0.5) is 0 Å². The molecule has 0 aliphatic rings. The fourth-order valence-electron chi connectivity index (χ4n) is 10.4. The minimum Gasteiger partial charge on any atom is -0.394 e. The van der Waals surface area contributed by atoms with Gasteiger partial charge < -0.3 is 15.5 Å². The predicted octanol–water partition coefficient (Wildman–Crippen LogP) is 22.7. The molecule has 0 aliphatic carbocycles. The van der Waals surface area contributed by atoms with E-state index in [1.54, 1.807) is 6.08 Å². The smallest absolute Gasteiger partial charge is 0.220 e. The number of carbonyl (C=O) groups is 1. The molecule has 0 saturated carbocycles. The maximum Gasteiger partial charge on any atom is 0.220 e. The molecular weight excluding hydrogens is 903 g/mol. The molecule has 0 rings (SSSR count). The van der Waals surface area contributed by atoms with E-state index in [4.69, 9.17) is 0 Å². The van der Waals surface area contributed by atoms with Crippen molar-refractivity contribution in [2.24, 2.45) is 0 Å². The quantitative estimate of drug-likeness (QED) is 0.0420. The summed E-state index contributed by atoms with van der Waals surface area (Å²) in [6.07, 6.45) is 93.0. The molecule has 0 spiro atoms. The first kappa shape index (κ1) is 72.1. The topological polar surface area (TPSA) is 69.6 Å². The predicted molar refractivity (Wildman–Crippen MR) is 331 cm³/mol. The molecule has 1 amide bonds. The molecule has 2 unspecified atom stereocenters. The number of unbranched alkanes of at least 4 members (excludes halogenated alkanes) is 47. The molecule has 0 fully saturated rings. The van der Waals surface area contributed by atoms with Crippen LogP contribution in [0.1, 0.15) is 361 Å². The monoisotopic (exact) mass is 1030 g/mol. The second-order valence-electron chi connectivity index (χ2n) is 22.9. The van der Waals surface area contributed by atoms with Crippen molar-refractivity contribution in [3.05, 3.63) is 60.8 Å². The van der Waals surface area contributed by atoms with Crippen molar-refractivity contribution in [2.45, 2.75) is 373 Å². The number of nitrogens with one attached hydrogen (secondary N) is 1. The van der Waals surface area contributed by atoms with Crippen LogP contribution >= 0.6 is 0 Å². The van der Waals surface area contributed by atoms with Gasteiger partial charge in [-0.15, -0.1) is 0 Å². The standard InChI is InChI=1S/C70H131NO3/c1-3-5-7-9-11-13-15-17-19-21-23-25-27-29-30-31-32-33-34-35-36-37-38-39-40-42-44-46-48-50-52-54-56-58-60-62-64-66-70(74)71-68(67-72)69(73)65-63-61-59-57-55-53-51-49-47-45-43-41-28-26-24-22-20-18-16-14-12-10-8-6-4-2/h15,17,21,23,27,29,55,57,63,65,68-69,72-73H,3-14,16,18-20,22,24-26,28,30-54,56,58-62,64,66-67H2,1-2H3,(H,71,74)/b17-15-,23-21-,29-27-,57-55+,65-63+. The Morgan fingerprint density at radius 2 is 0.568 bits per heavy atom. The summed E-state index contributed by atoms with van der Waals surface area (Å²) in [7, 11) is 0. The number of rotatable bonds is 62. The molecule has 74 heavy (non-hydrogen) atoms. The van der Waals surface area contributed by atoms with Gasteiger partial charge in [0.15, 0.2) is 0 Å². The summed E-state index contributed by atoms with van der Waals surface area (Å²) in [5.41, 5.74) is 0. The van der Waals surface area contributed by atoms with E-state index in [0.717, 1.165) is 44.9 Å². The molecule has 2 atom stereocenters. The van der Waals surface area contributed by atoms with Crippen LogP contribution < -0.4 is 5.32 Å². The lowest BCUT2D eigenvalue weighted by Crippen LogP contribution is -2.45. The SMILES string of the molecule is CCCCCCC/C=C\C/C=C\C/C=C\CCCCCCCCCCCCCCCCCCCCCCCCC(=O)NC(CO)C(O)/C=C/CC/C=C/CCCCCCCCCCCCCCCCCCCCC. The Balaban J connectivity index is 3.46. The number of hydrogen-bond acceptors (Lipinski definition) is 3. The van der Waals surface area contributed by atoms with Crippen LogP contribution in [0.25, 0.3) is 0 Å². The highest BCUT2D eigenvalue weighted by Crippen LogP contribution is 2.18. The van der Waals surface area contributed by atoms with Gasteiger partial charge in [-0.25, -0.2) is 0 Å². The fraction of sp³-hybridized carbons (Fsp3) is 0.843. The van der Waals surface area contributed by atoms with Crippen molar-refractivity contribution in [3.8, 4) is 0 Å². The van der Waals surface area contributed by atoms with Gasteiger partial charge in [-0.1, -0.05) is 344 Å². The van der Waals surface area contributed by atoms with E-state index in [-0.39, 0.29) is 12.5 Å². The van der Waals surface area contributed by atoms with Gasteiger partial charge in [0.25, 0.3) is 0 Å². The molecule has 4 heteroatoms. The van der Waals surface area contributed by atoms with Crippen LogP contribution in [0.15, 0.2) is 60.8 Å². The van der Waals surface area contributed by atoms with Gasteiger partial charge in [-0.2, -0.15) is 0 Å². The van der Waals surface area contributed by atoms with E-state index < -0.39 is 12.1 Å². The summed E-state index contributed by atoms with van der Waals surface area (Å²) >= 11 is 0. The largest absolute Gasteiger partial charge is 0.394 e. The van der Waals surface area contributed by atoms with Crippen LogP contribution in [0, 0.1) is 0 Å². The molecule has 0 aromatic carbocycles. The van der Waals surface area contributed by atoms with Crippen molar-refractivity contribution < 1.29 is 15.0 Å². The maximum absolute atomic E-state index is 12.5. The third-order valence-corrected chi connectivity index (χ3v) is 15.5.